The Hall–Kier alpha value is -2.15. The standard InChI is InChI=1S/C13H14N2O4S/c1-7-4-5-9(19-7)6-15(3)13-14-10(12(17)18)11(20-13)8(2)16/h4-5H,6H2,1-3H3,(H,17,18). The number of hydrogen-bond acceptors (Lipinski definition) is 6. The van der Waals surface area contributed by atoms with Crippen LogP contribution < -0.4 is 4.90 Å². The van der Waals surface area contributed by atoms with Crippen LogP contribution in [0.3, 0.4) is 0 Å². The Morgan fingerprint density at radius 1 is 1.45 bits per heavy atom. The normalized spacial score (nSPS) is 10.6. The summed E-state index contributed by atoms with van der Waals surface area (Å²) in [5.74, 6) is 0.0676. The number of anilines is 1. The fourth-order valence-corrected chi connectivity index (χ4v) is 2.64. The molecule has 7 heteroatoms. The smallest absolute Gasteiger partial charge is 0.356 e. The Morgan fingerprint density at radius 2 is 2.15 bits per heavy atom. The molecule has 2 heterocycles. The summed E-state index contributed by atoms with van der Waals surface area (Å²) in [5, 5.41) is 9.53. The average Bonchev–Trinajstić information content (AvgIpc) is 2.95. The Morgan fingerprint density at radius 3 is 2.60 bits per heavy atom. The summed E-state index contributed by atoms with van der Waals surface area (Å²) in [5.41, 5.74) is -0.194. The third-order valence-electron chi connectivity index (χ3n) is 2.65. The number of nitrogens with zero attached hydrogens (tertiary/aromatic N) is 2. The SMILES string of the molecule is CC(=O)c1sc(N(C)Cc2ccc(C)o2)nc1C(=O)O. The number of thiazole rings is 1. The fraction of sp³-hybridized carbons (Fsp3) is 0.308. The average molecular weight is 294 g/mol. The maximum Gasteiger partial charge on any atom is 0.356 e. The second-order valence-corrected chi connectivity index (χ2v) is 5.38. The molecule has 0 saturated heterocycles. The van der Waals surface area contributed by atoms with Gasteiger partial charge in [-0.25, -0.2) is 9.78 Å². The van der Waals surface area contributed by atoms with Crippen LogP contribution in [0.4, 0.5) is 5.13 Å². The number of aromatic carboxylic acids is 1. The van der Waals surface area contributed by atoms with Gasteiger partial charge in [0, 0.05) is 14.0 Å². The van der Waals surface area contributed by atoms with Gasteiger partial charge in [-0.3, -0.25) is 4.79 Å². The number of carbonyl (C=O) groups is 2. The molecule has 0 amide bonds. The molecule has 0 spiro atoms. The van der Waals surface area contributed by atoms with E-state index in [2.05, 4.69) is 4.98 Å². The van der Waals surface area contributed by atoms with E-state index >= 15 is 0 Å². The number of furan rings is 1. The van der Waals surface area contributed by atoms with Gasteiger partial charge < -0.3 is 14.4 Å². The number of aromatic nitrogens is 1. The molecule has 2 rings (SSSR count). The molecule has 0 bridgehead atoms. The van der Waals surface area contributed by atoms with Crippen LogP contribution in [0.15, 0.2) is 16.5 Å². The van der Waals surface area contributed by atoms with Crippen LogP contribution in [0, 0.1) is 6.92 Å². The van der Waals surface area contributed by atoms with Crippen LogP contribution in [-0.2, 0) is 6.54 Å². The highest BCUT2D eigenvalue weighted by atomic mass is 32.1. The van der Waals surface area contributed by atoms with Crippen LogP contribution >= 0.6 is 11.3 Å². The molecule has 106 valence electrons. The van der Waals surface area contributed by atoms with E-state index in [1.807, 2.05) is 19.1 Å². The van der Waals surface area contributed by atoms with Crippen molar-refractivity contribution in [1.29, 1.82) is 0 Å². The maximum absolute atomic E-state index is 11.4. The highest BCUT2D eigenvalue weighted by Gasteiger charge is 2.22. The molecule has 0 unspecified atom stereocenters. The molecule has 0 aliphatic heterocycles. The van der Waals surface area contributed by atoms with Crippen LogP contribution in [0.2, 0.25) is 0 Å². The van der Waals surface area contributed by atoms with Crippen LogP contribution in [0.25, 0.3) is 0 Å². The van der Waals surface area contributed by atoms with Gasteiger partial charge in [0.15, 0.2) is 16.6 Å². The zero-order valence-corrected chi connectivity index (χ0v) is 12.2. The summed E-state index contributed by atoms with van der Waals surface area (Å²) in [6.45, 7) is 3.64. The van der Waals surface area contributed by atoms with Crippen molar-refractivity contribution in [2.75, 3.05) is 11.9 Å². The summed E-state index contributed by atoms with van der Waals surface area (Å²) < 4.78 is 5.46. The molecule has 2 aromatic heterocycles. The van der Waals surface area contributed by atoms with Gasteiger partial charge in [0.25, 0.3) is 0 Å². The first kappa shape index (κ1) is 14.3. The lowest BCUT2D eigenvalue weighted by atomic mass is 10.3. The predicted octanol–water partition coefficient (Wildman–Crippen LogP) is 2.58. The number of aryl methyl sites for hydroxylation is 1. The van der Waals surface area contributed by atoms with E-state index in [1.54, 1.807) is 11.9 Å². The lowest BCUT2D eigenvalue weighted by molar-refractivity contribution is 0.0687. The van der Waals surface area contributed by atoms with E-state index in [1.165, 1.54) is 6.92 Å². The lowest BCUT2D eigenvalue weighted by Crippen LogP contribution is -2.16. The Kier molecular flexibility index (Phi) is 3.89. The molecular weight excluding hydrogens is 280 g/mol. The van der Waals surface area contributed by atoms with Gasteiger partial charge in [-0.1, -0.05) is 11.3 Å². The van der Waals surface area contributed by atoms with Crippen LogP contribution in [-0.4, -0.2) is 28.9 Å². The first-order chi connectivity index (χ1) is 9.38. The first-order valence-corrected chi connectivity index (χ1v) is 6.71. The largest absolute Gasteiger partial charge is 0.476 e. The minimum Gasteiger partial charge on any atom is -0.476 e. The Labute approximate surface area is 119 Å². The van der Waals surface area contributed by atoms with Crippen molar-refractivity contribution in [3.63, 3.8) is 0 Å². The van der Waals surface area contributed by atoms with E-state index in [-0.39, 0.29) is 16.4 Å². The van der Waals surface area contributed by atoms with Crippen molar-refractivity contribution < 1.29 is 19.1 Å². The van der Waals surface area contributed by atoms with Gasteiger partial charge in [-0.15, -0.1) is 0 Å². The van der Waals surface area contributed by atoms with E-state index in [9.17, 15) is 9.59 Å². The predicted molar refractivity (Wildman–Crippen MR) is 74.6 cm³/mol. The molecule has 1 N–H and O–H groups in total. The summed E-state index contributed by atoms with van der Waals surface area (Å²) in [4.78, 5) is 28.4. The number of carboxylic acids is 1. The second-order valence-electron chi connectivity index (χ2n) is 4.40. The van der Waals surface area contributed by atoms with Gasteiger partial charge in [-0.2, -0.15) is 0 Å². The topological polar surface area (TPSA) is 83.6 Å². The summed E-state index contributed by atoms with van der Waals surface area (Å²) in [7, 11) is 1.77. The monoisotopic (exact) mass is 294 g/mol. The number of carbonyl (C=O) groups excluding carboxylic acids is 1. The lowest BCUT2D eigenvalue weighted by Gasteiger charge is -2.13. The molecule has 0 saturated carbocycles. The molecule has 0 aromatic carbocycles. The fourth-order valence-electron chi connectivity index (χ4n) is 1.73. The van der Waals surface area contributed by atoms with Crippen molar-refractivity contribution in [3.8, 4) is 0 Å². The molecule has 2 aromatic rings. The van der Waals surface area contributed by atoms with Gasteiger partial charge in [0.1, 0.15) is 16.4 Å². The van der Waals surface area contributed by atoms with Crippen molar-refractivity contribution in [2.24, 2.45) is 0 Å². The van der Waals surface area contributed by atoms with Crippen molar-refractivity contribution in [1.82, 2.24) is 4.98 Å². The summed E-state index contributed by atoms with van der Waals surface area (Å²) in [6, 6.07) is 3.71. The molecule has 0 radical (unpaired) electrons. The molecule has 20 heavy (non-hydrogen) atoms. The number of Topliss-reactive ketones (excluding diaryl/α,β-unsaturated/α-hetero) is 1. The molecule has 0 atom stereocenters. The van der Waals surface area contributed by atoms with Gasteiger partial charge in [0.05, 0.1) is 6.54 Å². The van der Waals surface area contributed by atoms with Crippen LogP contribution in [0.5, 0.6) is 0 Å². The van der Waals surface area contributed by atoms with Crippen molar-refractivity contribution in [3.05, 3.63) is 34.2 Å². The minimum atomic E-state index is -1.19. The minimum absolute atomic E-state index is 0.162. The summed E-state index contributed by atoms with van der Waals surface area (Å²) in [6.07, 6.45) is 0. The van der Waals surface area contributed by atoms with E-state index in [0.717, 1.165) is 22.9 Å². The highest BCUT2D eigenvalue weighted by Crippen LogP contribution is 2.27. The van der Waals surface area contributed by atoms with E-state index in [0.29, 0.717) is 11.7 Å². The van der Waals surface area contributed by atoms with Crippen molar-refractivity contribution in [2.45, 2.75) is 20.4 Å². The zero-order chi connectivity index (χ0) is 14.9. The van der Waals surface area contributed by atoms with Gasteiger partial charge >= 0.3 is 5.97 Å². The van der Waals surface area contributed by atoms with Crippen LogP contribution in [0.1, 0.15) is 38.6 Å². The second kappa shape index (κ2) is 5.46. The first-order valence-electron chi connectivity index (χ1n) is 5.90. The number of rotatable bonds is 5. The third kappa shape index (κ3) is 2.88. The Balaban J connectivity index is 2.26. The number of ketones is 1. The van der Waals surface area contributed by atoms with E-state index < -0.39 is 5.97 Å². The molecule has 0 fully saturated rings. The number of hydrogen-bond donors (Lipinski definition) is 1. The number of carboxylic acid groups (broad SMARTS) is 1. The zero-order valence-electron chi connectivity index (χ0n) is 11.3. The maximum atomic E-state index is 11.4. The van der Waals surface area contributed by atoms with E-state index in [4.69, 9.17) is 9.52 Å². The molecule has 0 aliphatic carbocycles. The Bertz CT molecular complexity index is 628. The molecular formula is C13H14N2O4S. The molecule has 6 nitrogen and oxygen atoms in total. The quantitative estimate of drug-likeness (QED) is 0.853. The third-order valence-corrected chi connectivity index (χ3v) is 3.92. The van der Waals surface area contributed by atoms with Crippen molar-refractivity contribution >= 4 is 28.2 Å². The molecule has 0 aliphatic rings. The van der Waals surface area contributed by atoms with Gasteiger partial charge in [0.2, 0.25) is 0 Å². The summed E-state index contributed by atoms with van der Waals surface area (Å²) >= 11 is 1.07. The highest BCUT2D eigenvalue weighted by molar-refractivity contribution is 7.17. The van der Waals surface area contributed by atoms with Gasteiger partial charge in [-0.05, 0) is 19.1 Å².